The number of aryl methyl sites for hydroxylation is 1. The van der Waals surface area contributed by atoms with Crippen LogP contribution in [-0.4, -0.2) is 38.3 Å². The molecule has 0 radical (unpaired) electrons. The van der Waals surface area contributed by atoms with Crippen molar-refractivity contribution in [3.63, 3.8) is 0 Å². The van der Waals surface area contributed by atoms with Crippen LogP contribution in [0.2, 0.25) is 0 Å². The predicted octanol–water partition coefficient (Wildman–Crippen LogP) is 2.57. The molecule has 1 aliphatic rings. The molecule has 0 bridgehead atoms. The first-order valence-corrected chi connectivity index (χ1v) is 8.77. The maximum atomic E-state index is 10.4. The SMILES string of the molecule is CCn1c(C(C)NCC2(O)CCSC2)nc2ccccc21. The van der Waals surface area contributed by atoms with Crippen LogP contribution in [0.25, 0.3) is 11.0 Å². The van der Waals surface area contributed by atoms with Gasteiger partial charge < -0.3 is 15.0 Å². The highest BCUT2D eigenvalue weighted by atomic mass is 32.2. The molecule has 1 aromatic carbocycles. The van der Waals surface area contributed by atoms with E-state index in [9.17, 15) is 5.11 Å². The number of thioether (sulfide) groups is 1. The number of hydrogen-bond acceptors (Lipinski definition) is 4. The molecule has 2 N–H and O–H groups in total. The van der Waals surface area contributed by atoms with E-state index in [4.69, 9.17) is 4.98 Å². The van der Waals surface area contributed by atoms with Crippen LogP contribution in [0.3, 0.4) is 0 Å². The van der Waals surface area contributed by atoms with Gasteiger partial charge in [0.2, 0.25) is 0 Å². The number of benzene rings is 1. The lowest BCUT2D eigenvalue weighted by molar-refractivity contribution is 0.0647. The molecule has 21 heavy (non-hydrogen) atoms. The number of aliphatic hydroxyl groups is 1. The predicted molar refractivity (Wildman–Crippen MR) is 88.7 cm³/mol. The van der Waals surface area contributed by atoms with Gasteiger partial charge in [-0.25, -0.2) is 4.98 Å². The Morgan fingerprint density at radius 2 is 2.29 bits per heavy atom. The molecule has 1 saturated heterocycles. The largest absolute Gasteiger partial charge is 0.388 e. The minimum absolute atomic E-state index is 0.131. The van der Waals surface area contributed by atoms with Crippen molar-refractivity contribution in [2.45, 2.75) is 38.5 Å². The van der Waals surface area contributed by atoms with E-state index in [0.29, 0.717) is 6.54 Å². The summed E-state index contributed by atoms with van der Waals surface area (Å²) in [5, 5.41) is 13.9. The Morgan fingerprint density at radius 3 is 3.00 bits per heavy atom. The molecule has 1 aromatic heterocycles. The summed E-state index contributed by atoms with van der Waals surface area (Å²) in [5.74, 6) is 2.93. The summed E-state index contributed by atoms with van der Waals surface area (Å²) in [6.07, 6.45) is 0.877. The standard InChI is InChI=1S/C16H23N3OS/c1-3-19-14-7-5-4-6-13(14)18-15(19)12(2)17-10-16(20)8-9-21-11-16/h4-7,12,17,20H,3,8-11H2,1-2H3. The second kappa shape index (κ2) is 5.99. The van der Waals surface area contributed by atoms with Crippen LogP contribution in [-0.2, 0) is 6.54 Å². The Morgan fingerprint density at radius 1 is 1.48 bits per heavy atom. The van der Waals surface area contributed by atoms with Crippen molar-refractivity contribution in [3.8, 4) is 0 Å². The van der Waals surface area contributed by atoms with E-state index < -0.39 is 5.60 Å². The highest BCUT2D eigenvalue weighted by Gasteiger charge is 2.32. The zero-order valence-corrected chi connectivity index (χ0v) is 13.5. The summed E-state index contributed by atoms with van der Waals surface area (Å²) >= 11 is 1.83. The molecule has 3 rings (SSSR count). The van der Waals surface area contributed by atoms with E-state index in [2.05, 4.69) is 41.9 Å². The van der Waals surface area contributed by atoms with Crippen molar-refractivity contribution in [3.05, 3.63) is 30.1 Å². The van der Waals surface area contributed by atoms with Crippen LogP contribution < -0.4 is 5.32 Å². The number of para-hydroxylation sites is 2. The van der Waals surface area contributed by atoms with Gasteiger partial charge in [0.1, 0.15) is 5.82 Å². The van der Waals surface area contributed by atoms with E-state index in [-0.39, 0.29) is 6.04 Å². The van der Waals surface area contributed by atoms with Crippen LogP contribution in [0.1, 0.15) is 32.1 Å². The van der Waals surface area contributed by atoms with Gasteiger partial charge in [-0.1, -0.05) is 12.1 Å². The van der Waals surface area contributed by atoms with Crippen molar-refractivity contribution in [2.24, 2.45) is 0 Å². The molecular weight excluding hydrogens is 282 g/mol. The fourth-order valence-corrected chi connectivity index (χ4v) is 4.22. The minimum Gasteiger partial charge on any atom is -0.388 e. The topological polar surface area (TPSA) is 50.1 Å². The molecule has 0 spiro atoms. The van der Waals surface area contributed by atoms with Gasteiger partial charge in [-0.2, -0.15) is 11.8 Å². The Balaban J connectivity index is 1.79. The molecule has 2 unspecified atom stereocenters. The maximum absolute atomic E-state index is 10.4. The van der Waals surface area contributed by atoms with Gasteiger partial charge in [-0.15, -0.1) is 0 Å². The lowest BCUT2D eigenvalue weighted by Gasteiger charge is -2.24. The number of nitrogens with one attached hydrogen (secondary N) is 1. The zero-order chi connectivity index (χ0) is 14.9. The number of rotatable bonds is 5. The number of fused-ring (bicyclic) bond motifs is 1. The van der Waals surface area contributed by atoms with Crippen LogP contribution in [0.15, 0.2) is 24.3 Å². The fourth-order valence-electron chi connectivity index (χ4n) is 2.93. The smallest absolute Gasteiger partial charge is 0.126 e. The summed E-state index contributed by atoms with van der Waals surface area (Å²) in [6, 6.07) is 8.38. The van der Waals surface area contributed by atoms with E-state index in [1.165, 1.54) is 5.52 Å². The number of hydrogen-bond donors (Lipinski definition) is 2. The first kappa shape index (κ1) is 14.9. The van der Waals surface area contributed by atoms with Gasteiger partial charge in [-0.05, 0) is 38.2 Å². The van der Waals surface area contributed by atoms with Crippen molar-refractivity contribution in [2.75, 3.05) is 18.1 Å². The Labute approximate surface area is 129 Å². The van der Waals surface area contributed by atoms with Crippen LogP contribution in [0.5, 0.6) is 0 Å². The van der Waals surface area contributed by atoms with Gasteiger partial charge in [-0.3, -0.25) is 0 Å². The molecule has 1 fully saturated rings. The molecule has 4 nitrogen and oxygen atoms in total. The van der Waals surface area contributed by atoms with Crippen molar-refractivity contribution >= 4 is 22.8 Å². The van der Waals surface area contributed by atoms with Crippen molar-refractivity contribution < 1.29 is 5.11 Å². The quantitative estimate of drug-likeness (QED) is 0.891. The second-order valence-electron chi connectivity index (χ2n) is 5.83. The number of aromatic nitrogens is 2. The Kier molecular flexibility index (Phi) is 4.24. The number of imidazole rings is 1. The molecule has 2 heterocycles. The molecule has 114 valence electrons. The van der Waals surface area contributed by atoms with Crippen LogP contribution >= 0.6 is 11.8 Å². The van der Waals surface area contributed by atoms with Gasteiger partial charge in [0.05, 0.1) is 22.7 Å². The average Bonchev–Trinajstić information content (AvgIpc) is 3.08. The van der Waals surface area contributed by atoms with Gasteiger partial charge in [0.15, 0.2) is 0 Å². The van der Waals surface area contributed by atoms with E-state index in [1.54, 1.807) is 0 Å². The first-order valence-electron chi connectivity index (χ1n) is 7.61. The first-order chi connectivity index (χ1) is 10.1. The van der Waals surface area contributed by atoms with Gasteiger partial charge in [0.25, 0.3) is 0 Å². The van der Waals surface area contributed by atoms with Crippen molar-refractivity contribution in [1.82, 2.24) is 14.9 Å². The van der Waals surface area contributed by atoms with E-state index in [0.717, 1.165) is 35.8 Å². The van der Waals surface area contributed by atoms with Gasteiger partial charge in [0, 0.05) is 18.8 Å². The summed E-state index contributed by atoms with van der Waals surface area (Å²) in [4.78, 5) is 4.77. The third-order valence-corrected chi connectivity index (χ3v) is 5.44. The molecule has 1 aliphatic heterocycles. The number of nitrogens with zero attached hydrogens (tertiary/aromatic N) is 2. The molecule has 5 heteroatoms. The molecule has 2 aromatic rings. The zero-order valence-electron chi connectivity index (χ0n) is 12.7. The van der Waals surface area contributed by atoms with Crippen LogP contribution in [0, 0.1) is 0 Å². The molecule has 2 atom stereocenters. The normalized spacial score (nSPS) is 23.8. The highest BCUT2D eigenvalue weighted by molar-refractivity contribution is 7.99. The van der Waals surface area contributed by atoms with E-state index >= 15 is 0 Å². The van der Waals surface area contributed by atoms with Gasteiger partial charge >= 0.3 is 0 Å². The van der Waals surface area contributed by atoms with Crippen molar-refractivity contribution in [1.29, 1.82) is 0 Å². The summed E-state index contributed by atoms with van der Waals surface area (Å²) in [7, 11) is 0. The third kappa shape index (κ3) is 2.96. The third-order valence-electron chi connectivity index (χ3n) is 4.21. The highest BCUT2D eigenvalue weighted by Crippen LogP contribution is 2.28. The second-order valence-corrected chi connectivity index (χ2v) is 6.94. The lowest BCUT2D eigenvalue weighted by atomic mass is 10.0. The minimum atomic E-state index is -0.554. The summed E-state index contributed by atoms with van der Waals surface area (Å²) in [6.45, 7) is 5.81. The molecule has 0 aliphatic carbocycles. The molecule has 0 amide bonds. The molecule has 0 saturated carbocycles. The average molecular weight is 305 g/mol. The van der Waals surface area contributed by atoms with E-state index in [1.807, 2.05) is 17.8 Å². The summed E-state index contributed by atoms with van der Waals surface area (Å²) < 4.78 is 2.25. The Bertz CT molecular complexity index is 619. The monoisotopic (exact) mass is 305 g/mol. The Hall–Kier alpha value is -1.04. The fraction of sp³-hybridized carbons (Fsp3) is 0.562. The summed E-state index contributed by atoms with van der Waals surface area (Å²) in [5.41, 5.74) is 1.67. The molecular formula is C16H23N3OS. The van der Waals surface area contributed by atoms with Crippen LogP contribution in [0.4, 0.5) is 0 Å². The maximum Gasteiger partial charge on any atom is 0.126 e. The lowest BCUT2D eigenvalue weighted by Crippen LogP contribution is -2.41.